The third-order valence-electron chi connectivity index (χ3n) is 3.93. The first-order valence-electron chi connectivity index (χ1n) is 7.69. The molecule has 118 valence electrons. The molecular formula is C16H21N3O3. The lowest BCUT2D eigenvalue weighted by atomic mass is 10.1. The van der Waals surface area contributed by atoms with Crippen molar-refractivity contribution in [1.82, 2.24) is 5.43 Å². The van der Waals surface area contributed by atoms with Gasteiger partial charge in [-0.3, -0.25) is 14.9 Å². The fourth-order valence-corrected chi connectivity index (χ4v) is 2.48. The van der Waals surface area contributed by atoms with E-state index >= 15 is 0 Å². The number of nitrogens with one attached hydrogen (secondary N) is 1. The van der Waals surface area contributed by atoms with Crippen molar-refractivity contribution in [3.63, 3.8) is 0 Å². The van der Waals surface area contributed by atoms with Crippen LogP contribution in [-0.2, 0) is 4.79 Å². The van der Waals surface area contributed by atoms with Gasteiger partial charge in [-0.1, -0.05) is 26.2 Å². The molecule has 1 saturated carbocycles. The monoisotopic (exact) mass is 303 g/mol. The number of amides is 1. The van der Waals surface area contributed by atoms with Gasteiger partial charge in [0.25, 0.3) is 5.69 Å². The molecule has 0 radical (unpaired) electrons. The van der Waals surface area contributed by atoms with Crippen molar-refractivity contribution in [2.75, 3.05) is 0 Å². The minimum Gasteiger partial charge on any atom is -0.273 e. The Bertz CT molecular complexity index is 554. The van der Waals surface area contributed by atoms with Crippen LogP contribution in [0.15, 0.2) is 29.4 Å². The van der Waals surface area contributed by atoms with Crippen molar-refractivity contribution in [3.05, 3.63) is 39.9 Å². The summed E-state index contributed by atoms with van der Waals surface area (Å²) in [5, 5.41) is 14.5. The van der Waals surface area contributed by atoms with E-state index in [4.69, 9.17) is 0 Å². The number of carbonyl (C=O) groups excluding carboxylic acids is 1. The number of hydrogen-bond acceptors (Lipinski definition) is 4. The Morgan fingerprint density at radius 2 is 2.14 bits per heavy atom. The lowest BCUT2D eigenvalue weighted by molar-refractivity contribution is -0.384. The maximum Gasteiger partial charge on any atom is 0.269 e. The van der Waals surface area contributed by atoms with Crippen LogP contribution < -0.4 is 5.43 Å². The highest BCUT2D eigenvalue weighted by Gasteiger charge is 2.41. The van der Waals surface area contributed by atoms with Crippen LogP contribution in [0.1, 0.15) is 44.6 Å². The zero-order valence-corrected chi connectivity index (χ0v) is 12.7. The fourth-order valence-electron chi connectivity index (χ4n) is 2.48. The molecule has 1 aromatic rings. The molecule has 0 aliphatic heterocycles. The molecule has 1 amide bonds. The Morgan fingerprint density at radius 1 is 1.41 bits per heavy atom. The van der Waals surface area contributed by atoms with E-state index in [0.29, 0.717) is 11.5 Å². The SMILES string of the molecule is CCCCCC1CC1C(=O)NN=Cc1ccc([N+](=O)[O-])cc1. The summed E-state index contributed by atoms with van der Waals surface area (Å²) in [5.41, 5.74) is 3.29. The van der Waals surface area contributed by atoms with Crippen LogP contribution >= 0.6 is 0 Å². The van der Waals surface area contributed by atoms with Gasteiger partial charge in [0, 0.05) is 18.1 Å². The zero-order chi connectivity index (χ0) is 15.9. The molecule has 2 unspecified atom stereocenters. The zero-order valence-electron chi connectivity index (χ0n) is 12.7. The number of unbranched alkanes of at least 4 members (excludes halogenated alkanes) is 2. The van der Waals surface area contributed by atoms with E-state index in [1.807, 2.05) is 0 Å². The molecule has 0 bridgehead atoms. The molecule has 22 heavy (non-hydrogen) atoms. The number of nitro groups is 1. The maximum atomic E-state index is 11.9. The quantitative estimate of drug-likeness (QED) is 0.346. The van der Waals surface area contributed by atoms with Gasteiger partial charge in [-0.05, 0) is 36.5 Å². The maximum absolute atomic E-state index is 11.9. The predicted octanol–water partition coefficient (Wildman–Crippen LogP) is 3.26. The summed E-state index contributed by atoms with van der Waals surface area (Å²) >= 11 is 0. The summed E-state index contributed by atoms with van der Waals surface area (Å²) < 4.78 is 0. The number of hydrazone groups is 1. The molecule has 2 atom stereocenters. The Hall–Kier alpha value is -2.24. The first kappa shape index (κ1) is 16.1. The molecule has 0 spiro atoms. The van der Waals surface area contributed by atoms with Crippen LogP contribution in [0.25, 0.3) is 0 Å². The van der Waals surface area contributed by atoms with Crippen molar-refractivity contribution in [1.29, 1.82) is 0 Å². The first-order chi connectivity index (χ1) is 10.6. The van der Waals surface area contributed by atoms with Crippen molar-refractivity contribution in [2.24, 2.45) is 16.9 Å². The van der Waals surface area contributed by atoms with Gasteiger partial charge in [0.15, 0.2) is 0 Å². The van der Waals surface area contributed by atoms with Crippen molar-refractivity contribution >= 4 is 17.8 Å². The van der Waals surface area contributed by atoms with Gasteiger partial charge in [-0.25, -0.2) is 5.43 Å². The second kappa shape index (κ2) is 7.68. The Kier molecular flexibility index (Phi) is 5.63. The van der Waals surface area contributed by atoms with Crippen LogP contribution in [-0.4, -0.2) is 17.0 Å². The molecule has 0 saturated heterocycles. The van der Waals surface area contributed by atoms with E-state index in [9.17, 15) is 14.9 Å². The summed E-state index contributed by atoms with van der Waals surface area (Å²) in [6.07, 6.45) is 7.19. The molecule has 1 aliphatic carbocycles. The molecule has 0 aromatic heterocycles. The topological polar surface area (TPSA) is 84.6 Å². The minimum absolute atomic E-state index is 0.0281. The number of nitro benzene ring substituents is 1. The Labute approximate surface area is 129 Å². The molecular weight excluding hydrogens is 282 g/mol. The highest BCUT2D eigenvalue weighted by Crippen LogP contribution is 2.42. The van der Waals surface area contributed by atoms with E-state index in [2.05, 4.69) is 17.5 Å². The molecule has 0 heterocycles. The summed E-state index contributed by atoms with van der Waals surface area (Å²) in [7, 11) is 0. The average molecular weight is 303 g/mol. The molecule has 2 rings (SSSR count). The molecule has 6 nitrogen and oxygen atoms in total. The van der Waals surface area contributed by atoms with E-state index in [1.165, 1.54) is 37.6 Å². The predicted molar refractivity (Wildman–Crippen MR) is 84.6 cm³/mol. The van der Waals surface area contributed by atoms with E-state index in [1.54, 1.807) is 12.1 Å². The molecule has 1 aliphatic rings. The number of carbonyl (C=O) groups is 1. The van der Waals surface area contributed by atoms with Crippen LogP contribution in [0.3, 0.4) is 0 Å². The van der Waals surface area contributed by atoms with Gasteiger partial charge in [0.2, 0.25) is 5.91 Å². The second-order valence-electron chi connectivity index (χ2n) is 5.68. The number of rotatable bonds is 8. The minimum atomic E-state index is -0.450. The van der Waals surface area contributed by atoms with Gasteiger partial charge >= 0.3 is 0 Å². The highest BCUT2D eigenvalue weighted by atomic mass is 16.6. The first-order valence-corrected chi connectivity index (χ1v) is 7.69. The van der Waals surface area contributed by atoms with Crippen LogP contribution in [0.5, 0.6) is 0 Å². The standard InChI is InChI=1S/C16H21N3O3/c1-2-3-4-5-13-10-15(13)16(20)18-17-11-12-6-8-14(9-7-12)19(21)22/h6-9,11,13,15H,2-5,10H2,1H3,(H,18,20). The van der Waals surface area contributed by atoms with Gasteiger partial charge in [0.1, 0.15) is 0 Å². The molecule has 6 heteroatoms. The number of hydrogen-bond donors (Lipinski definition) is 1. The van der Waals surface area contributed by atoms with Crippen molar-refractivity contribution in [2.45, 2.75) is 39.0 Å². The van der Waals surface area contributed by atoms with Crippen molar-refractivity contribution in [3.8, 4) is 0 Å². The second-order valence-corrected chi connectivity index (χ2v) is 5.68. The summed E-state index contributed by atoms with van der Waals surface area (Å²) in [6.45, 7) is 2.17. The molecule has 1 fully saturated rings. The number of non-ortho nitro benzene ring substituents is 1. The van der Waals surface area contributed by atoms with Gasteiger partial charge in [-0.2, -0.15) is 5.10 Å². The lowest BCUT2D eigenvalue weighted by Crippen LogP contribution is -2.20. The largest absolute Gasteiger partial charge is 0.273 e. The summed E-state index contributed by atoms with van der Waals surface area (Å²) in [4.78, 5) is 22.0. The van der Waals surface area contributed by atoms with Crippen LogP contribution in [0, 0.1) is 22.0 Å². The molecule has 1 aromatic carbocycles. The van der Waals surface area contributed by atoms with E-state index in [-0.39, 0.29) is 17.5 Å². The molecule has 1 N–H and O–H groups in total. The lowest BCUT2D eigenvalue weighted by Gasteiger charge is -1.99. The smallest absolute Gasteiger partial charge is 0.269 e. The van der Waals surface area contributed by atoms with Gasteiger partial charge < -0.3 is 0 Å². The Balaban J connectivity index is 1.73. The summed E-state index contributed by atoms with van der Waals surface area (Å²) in [5.74, 6) is 0.589. The van der Waals surface area contributed by atoms with E-state index in [0.717, 1.165) is 12.8 Å². The van der Waals surface area contributed by atoms with Crippen LogP contribution in [0.4, 0.5) is 5.69 Å². The van der Waals surface area contributed by atoms with Crippen LogP contribution in [0.2, 0.25) is 0 Å². The third kappa shape index (κ3) is 4.65. The average Bonchev–Trinajstić information content (AvgIpc) is 3.27. The normalized spacial score (nSPS) is 20.0. The summed E-state index contributed by atoms with van der Waals surface area (Å²) in [6, 6.07) is 6.01. The highest BCUT2D eigenvalue weighted by molar-refractivity contribution is 5.84. The number of benzene rings is 1. The van der Waals surface area contributed by atoms with E-state index < -0.39 is 4.92 Å². The van der Waals surface area contributed by atoms with Gasteiger partial charge in [0.05, 0.1) is 11.1 Å². The Morgan fingerprint density at radius 3 is 2.77 bits per heavy atom. The van der Waals surface area contributed by atoms with Gasteiger partial charge in [-0.15, -0.1) is 0 Å². The fraction of sp³-hybridized carbons (Fsp3) is 0.500. The number of nitrogens with zero attached hydrogens (tertiary/aromatic N) is 2. The third-order valence-corrected chi connectivity index (χ3v) is 3.93. The van der Waals surface area contributed by atoms with Crippen molar-refractivity contribution < 1.29 is 9.72 Å².